The number of ether oxygens (including phenoxy) is 1. The molecule has 0 spiro atoms. The molecule has 3 nitrogen and oxygen atoms in total. The topological polar surface area (TPSA) is 29.5 Å². The van der Waals surface area contributed by atoms with Gasteiger partial charge in [-0.15, -0.1) is 0 Å². The lowest BCUT2D eigenvalue weighted by Crippen LogP contribution is -2.25. The fraction of sp³-hybridized carbons (Fsp3) is 0.462. The first-order chi connectivity index (χ1) is 8.42. The van der Waals surface area contributed by atoms with Crippen LogP contribution in [-0.4, -0.2) is 37.4 Å². The number of rotatable bonds is 4. The van der Waals surface area contributed by atoms with Crippen molar-refractivity contribution < 1.29 is 9.53 Å². The van der Waals surface area contributed by atoms with Crippen molar-refractivity contribution in [3.63, 3.8) is 0 Å². The lowest BCUT2D eigenvalue weighted by Gasteiger charge is -2.19. The lowest BCUT2D eigenvalue weighted by atomic mass is 10.3. The van der Waals surface area contributed by atoms with Gasteiger partial charge in [0.15, 0.2) is 0 Å². The van der Waals surface area contributed by atoms with Crippen molar-refractivity contribution in [1.29, 1.82) is 0 Å². The predicted octanol–water partition coefficient (Wildman–Crippen LogP) is 2.89. The highest BCUT2D eigenvalue weighted by Gasteiger charge is 2.16. The van der Waals surface area contributed by atoms with Gasteiger partial charge in [-0.05, 0) is 35.8 Å². The molecule has 0 bridgehead atoms. The summed E-state index contributed by atoms with van der Waals surface area (Å²) in [6, 6.07) is 6.15. The molecule has 0 saturated heterocycles. The van der Waals surface area contributed by atoms with E-state index in [-0.39, 0.29) is 6.09 Å². The maximum atomic E-state index is 11.5. The second-order valence-electron chi connectivity index (χ2n) is 4.28. The number of benzene rings is 1. The normalized spacial score (nSPS) is 11.1. The van der Waals surface area contributed by atoms with Crippen molar-refractivity contribution >= 4 is 29.2 Å². The minimum absolute atomic E-state index is 0.367. The Morgan fingerprint density at radius 2 is 1.94 bits per heavy atom. The molecule has 18 heavy (non-hydrogen) atoms. The number of hydrogen-bond acceptors (Lipinski definition) is 3. The largest absolute Gasteiger partial charge is 0.414 e. The average Bonchev–Trinajstić information content (AvgIpc) is 2.38. The van der Waals surface area contributed by atoms with Gasteiger partial charge in [0.2, 0.25) is 0 Å². The fourth-order valence-corrected chi connectivity index (χ4v) is 3.82. The summed E-state index contributed by atoms with van der Waals surface area (Å²) in [5.74, 6) is 0.572. The third-order valence-corrected chi connectivity index (χ3v) is 8.32. The molecule has 1 rings (SSSR count). The highest BCUT2D eigenvalue weighted by Crippen LogP contribution is 2.44. The summed E-state index contributed by atoms with van der Waals surface area (Å²) in [4.78, 5) is 12.9. The van der Waals surface area contributed by atoms with Crippen molar-refractivity contribution in [2.24, 2.45) is 0 Å². The smallest absolute Gasteiger partial charge is 0.410 e. The Kier molecular flexibility index (Phi) is 5.36. The van der Waals surface area contributed by atoms with E-state index in [0.717, 1.165) is 17.6 Å². The minimum atomic E-state index is -1.50. The molecule has 0 unspecified atom stereocenters. The number of carbonyl (C=O) groups excluding carboxylic acids is 1. The van der Waals surface area contributed by atoms with E-state index in [1.54, 1.807) is 20.2 Å². The SMILES string of the molecule is CCP(=S)(CC)c1cccc(OC(=O)N(C)C)c1. The van der Waals surface area contributed by atoms with Crippen LogP contribution < -0.4 is 10.0 Å². The molecule has 0 N–H and O–H groups in total. The van der Waals surface area contributed by atoms with Crippen LogP contribution in [-0.2, 0) is 11.8 Å². The molecule has 0 heterocycles. The molecule has 0 aliphatic heterocycles. The van der Waals surface area contributed by atoms with Crippen LogP contribution in [0.15, 0.2) is 24.3 Å². The maximum Gasteiger partial charge on any atom is 0.414 e. The zero-order chi connectivity index (χ0) is 13.8. The van der Waals surface area contributed by atoms with Crippen LogP contribution in [0.4, 0.5) is 4.79 Å². The molecule has 5 heteroatoms. The van der Waals surface area contributed by atoms with Gasteiger partial charge in [-0.25, -0.2) is 4.79 Å². The molecule has 0 radical (unpaired) electrons. The van der Waals surface area contributed by atoms with Gasteiger partial charge < -0.3 is 9.64 Å². The molecule has 1 aromatic rings. The van der Waals surface area contributed by atoms with E-state index in [9.17, 15) is 4.79 Å². The standard InChI is InChI=1S/C13H20NO2PS/c1-5-17(18,6-2)12-9-7-8-11(10-12)16-13(15)14(3)4/h7-10H,5-6H2,1-4H3. The third-order valence-electron chi connectivity index (χ3n) is 2.88. The van der Waals surface area contributed by atoms with Gasteiger partial charge in [-0.2, -0.15) is 0 Å². The molecule has 0 aliphatic rings. The third kappa shape index (κ3) is 3.56. The van der Waals surface area contributed by atoms with Gasteiger partial charge in [-0.3, -0.25) is 0 Å². The summed E-state index contributed by atoms with van der Waals surface area (Å²) in [7, 11) is 3.32. The molecule has 0 aliphatic carbocycles. The maximum absolute atomic E-state index is 11.5. The molecule has 0 aromatic heterocycles. The van der Waals surface area contributed by atoms with Crippen LogP contribution in [0, 0.1) is 0 Å². The first-order valence-corrected chi connectivity index (χ1v) is 9.18. The van der Waals surface area contributed by atoms with Crippen LogP contribution in [0.25, 0.3) is 0 Å². The van der Waals surface area contributed by atoms with Gasteiger partial charge in [0.1, 0.15) is 5.75 Å². The van der Waals surface area contributed by atoms with E-state index in [2.05, 4.69) is 13.8 Å². The zero-order valence-electron chi connectivity index (χ0n) is 11.3. The predicted molar refractivity (Wildman–Crippen MR) is 81.2 cm³/mol. The van der Waals surface area contributed by atoms with Gasteiger partial charge in [0, 0.05) is 14.1 Å². The molecular weight excluding hydrogens is 265 g/mol. The van der Waals surface area contributed by atoms with Crippen LogP contribution in [0.1, 0.15) is 13.8 Å². The van der Waals surface area contributed by atoms with Crippen molar-refractivity contribution in [2.75, 3.05) is 26.4 Å². The Morgan fingerprint density at radius 3 is 2.44 bits per heavy atom. The molecule has 1 amide bonds. The van der Waals surface area contributed by atoms with E-state index in [0.29, 0.717) is 5.75 Å². The van der Waals surface area contributed by atoms with E-state index in [4.69, 9.17) is 16.5 Å². The Bertz CT molecular complexity index is 466. The van der Waals surface area contributed by atoms with E-state index in [1.807, 2.05) is 18.2 Å². The Morgan fingerprint density at radius 1 is 1.33 bits per heavy atom. The molecule has 1 aromatic carbocycles. The van der Waals surface area contributed by atoms with Crippen LogP contribution in [0.2, 0.25) is 0 Å². The highest BCUT2D eigenvalue weighted by atomic mass is 32.4. The molecule has 0 saturated carbocycles. The van der Waals surface area contributed by atoms with Crippen LogP contribution in [0.5, 0.6) is 5.75 Å². The summed E-state index contributed by atoms with van der Waals surface area (Å²) >= 11 is 5.76. The van der Waals surface area contributed by atoms with Gasteiger partial charge >= 0.3 is 6.09 Å². The summed E-state index contributed by atoms with van der Waals surface area (Å²) in [6.07, 6.45) is 1.61. The van der Waals surface area contributed by atoms with E-state index < -0.39 is 6.04 Å². The van der Waals surface area contributed by atoms with Crippen molar-refractivity contribution in [3.05, 3.63) is 24.3 Å². The van der Waals surface area contributed by atoms with Gasteiger partial charge in [0.05, 0.1) is 0 Å². The monoisotopic (exact) mass is 285 g/mol. The zero-order valence-corrected chi connectivity index (χ0v) is 13.1. The Balaban J connectivity index is 2.99. The Hall–Kier alpha value is -0.860. The highest BCUT2D eigenvalue weighted by molar-refractivity contribution is 8.18. The van der Waals surface area contributed by atoms with E-state index >= 15 is 0 Å². The number of hydrogen-bond donors (Lipinski definition) is 0. The number of carbonyl (C=O) groups is 1. The fourth-order valence-electron chi connectivity index (χ4n) is 1.58. The van der Waals surface area contributed by atoms with E-state index in [1.165, 1.54) is 4.90 Å². The average molecular weight is 285 g/mol. The number of amides is 1. The van der Waals surface area contributed by atoms with Gasteiger partial charge in [-0.1, -0.05) is 37.8 Å². The summed E-state index contributed by atoms with van der Waals surface area (Å²) in [5.41, 5.74) is 0. The second kappa shape index (κ2) is 6.35. The van der Waals surface area contributed by atoms with Crippen molar-refractivity contribution in [1.82, 2.24) is 4.90 Å². The molecule has 0 fully saturated rings. The van der Waals surface area contributed by atoms with Crippen LogP contribution >= 0.6 is 6.04 Å². The first-order valence-electron chi connectivity index (χ1n) is 6.00. The summed E-state index contributed by atoms with van der Waals surface area (Å²) < 4.78 is 5.26. The minimum Gasteiger partial charge on any atom is -0.410 e. The summed E-state index contributed by atoms with van der Waals surface area (Å²) in [5, 5.41) is 1.14. The Labute approximate surface area is 114 Å². The molecule has 0 atom stereocenters. The van der Waals surface area contributed by atoms with Crippen LogP contribution in [0.3, 0.4) is 0 Å². The van der Waals surface area contributed by atoms with Crippen molar-refractivity contribution in [2.45, 2.75) is 13.8 Å². The lowest BCUT2D eigenvalue weighted by molar-refractivity contribution is 0.172. The number of nitrogens with zero attached hydrogens (tertiary/aromatic N) is 1. The quantitative estimate of drug-likeness (QED) is 0.797. The second-order valence-corrected chi connectivity index (χ2v) is 9.94. The molecular formula is C13H20NO2PS. The first kappa shape index (κ1) is 15.2. The molecule has 100 valence electrons. The van der Waals surface area contributed by atoms with Crippen molar-refractivity contribution in [3.8, 4) is 5.75 Å². The van der Waals surface area contributed by atoms with Gasteiger partial charge in [0.25, 0.3) is 0 Å². The summed E-state index contributed by atoms with van der Waals surface area (Å²) in [6.45, 7) is 4.26.